The Balaban J connectivity index is 2.18. The molecule has 0 aliphatic rings. The Bertz CT molecular complexity index is 688. The molecule has 0 aliphatic heterocycles. The second-order valence-corrected chi connectivity index (χ2v) is 5.03. The van der Waals surface area contributed by atoms with Crippen LogP contribution in [0.4, 0.5) is 4.39 Å². The number of fused-ring (bicyclic) bond motifs is 1. The maximum Gasteiger partial charge on any atom is 0.124 e. The first-order valence-corrected chi connectivity index (χ1v) is 6.17. The Kier molecular flexibility index (Phi) is 2.41. The Hall–Kier alpha value is -1.74. The van der Waals surface area contributed by atoms with Crippen LogP contribution in [0.5, 0.6) is 0 Å². The number of hydrogen-bond donors (Lipinski definition) is 0. The molecule has 1 aromatic heterocycles. The molecule has 0 saturated heterocycles. The van der Waals surface area contributed by atoms with Crippen LogP contribution in [-0.2, 0) is 0 Å². The highest BCUT2D eigenvalue weighted by atomic mass is 32.1. The topological polar surface area (TPSA) is 12.9 Å². The van der Waals surface area contributed by atoms with Gasteiger partial charge in [-0.3, -0.25) is 0 Å². The minimum absolute atomic E-state index is 0.224. The fourth-order valence-corrected chi connectivity index (χ4v) is 2.84. The van der Waals surface area contributed by atoms with E-state index in [1.807, 2.05) is 18.2 Å². The highest BCUT2D eigenvalue weighted by Gasteiger charge is 2.06. The maximum atomic E-state index is 13.1. The molecule has 0 fully saturated rings. The molecule has 3 rings (SSSR count). The van der Waals surface area contributed by atoms with Crippen molar-refractivity contribution in [3.63, 3.8) is 0 Å². The summed E-state index contributed by atoms with van der Waals surface area (Å²) in [6.07, 6.45) is 0. The molecule has 1 heterocycles. The molecule has 0 saturated carbocycles. The first kappa shape index (κ1) is 10.4. The zero-order valence-electron chi connectivity index (χ0n) is 9.27. The van der Waals surface area contributed by atoms with Crippen LogP contribution in [0.2, 0.25) is 0 Å². The van der Waals surface area contributed by atoms with E-state index in [1.54, 1.807) is 17.4 Å². The van der Waals surface area contributed by atoms with E-state index < -0.39 is 0 Å². The number of aromatic nitrogens is 1. The van der Waals surface area contributed by atoms with E-state index in [9.17, 15) is 4.39 Å². The van der Waals surface area contributed by atoms with Crippen LogP contribution >= 0.6 is 11.3 Å². The van der Waals surface area contributed by atoms with Crippen molar-refractivity contribution >= 4 is 21.6 Å². The van der Waals surface area contributed by atoms with Crippen LogP contribution in [-0.4, -0.2) is 4.98 Å². The summed E-state index contributed by atoms with van der Waals surface area (Å²) < 4.78 is 14.3. The molecule has 3 aromatic rings. The molecule has 0 radical (unpaired) electrons. The largest absolute Gasteiger partial charge is 0.236 e. The van der Waals surface area contributed by atoms with Gasteiger partial charge in [0.2, 0.25) is 0 Å². The average molecular weight is 243 g/mol. The average Bonchev–Trinajstić information content (AvgIpc) is 2.72. The third-order valence-corrected chi connectivity index (χ3v) is 3.68. The molecule has 0 N–H and O–H groups in total. The minimum Gasteiger partial charge on any atom is -0.236 e. The van der Waals surface area contributed by atoms with Gasteiger partial charge in [-0.1, -0.05) is 18.2 Å². The molecular weight excluding hydrogens is 233 g/mol. The van der Waals surface area contributed by atoms with Gasteiger partial charge in [0.15, 0.2) is 0 Å². The third-order valence-electron chi connectivity index (χ3n) is 2.62. The van der Waals surface area contributed by atoms with Crippen molar-refractivity contribution in [1.82, 2.24) is 4.98 Å². The van der Waals surface area contributed by atoms with Crippen molar-refractivity contribution in [2.45, 2.75) is 6.92 Å². The second-order valence-electron chi connectivity index (χ2n) is 4.00. The predicted octanol–water partition coefficient (Wildman–Crippen LogP) is 4.41. The van der Waals surface area contributed by atoms with Crippen molar-refractivity contribution in [2.75, 3.05) is 0 Å². The summed E-state index contributed by atoms with van der Waals surface area (Å²) in [6, 6.07) is 12.7. The zero-order valence-corrected chi connectivity index (χ0v) is 10.1. The van der Waals surface area contributed by atoms with Gasteiger partial charge >= 0.3 is 0 Å². The molecule has 84 valence electrons. The number of hydrogen-bond acceptors (Lipinski definition) is 2. The lowest BCUT2D eigenvalue weighted by Crippen LogP contribution is -1.77. The lowest BCUT2D eigenvalue weighted by atomic mass is 10.2. The number of rotatable bonds is 1. The molecule has 2 aromatic carbocycles. The Morgan fingerprint density at radius 3 is 2.82 bits per heavy atom. The van der Waals surface area contributed by atoms with Gasteiger partial charge in [-0.25, -0.2) is 9.37 Å². The summed E-state index contributed by atoms with van der Waals surface area (Å²) >= 11 is 1.60. The summed E-state index contributed by atoms with van der Waals surface area (Å²) in [5.41, 5.74) is 3.02. The van der Waals surface area contributed by atoms with Crippen molar-refractivity contribution < 1.29 is 4.39 Å². The molecule has 1 nitrogen and oxygen atoms in total. The van der Waals surface area contributed by atoms with E-state index in [2.05, 4.69) is 18.0 Å². The van der Waals surface area contributed by atoms with E-state index in [-0.39, 0.29) is 5.82 Å². The van der Waals surface area contributed by atoms with Gasteiger partial charge in [0.1, 0.15) is 10.8 Å². The van der Waals surface area contributed by atoms with E-state index in [0.717, 1.165) is 20.8 Å². The van der Waals surface area contributed by atoms with Gasteiger partial charge in [-0.15, -0.1) is 11.3 Å². The molecule has 0 aliphatic carbocycles. The molecule has 0 bridgehead atoms. The van der Waals surface area contributed by atoms with Crippen LogP contribution in [0.3, 0.4) is 0 Å². The lowest BCUT2D eigenvalue weighted by molar-refractivity contribution is 0.628. The van der Waals surface area contributed by atoms with Gasteiger partial charge in [-0.05, 0) is 36.8 Å². The molecular formula is C14H10FNS. The summed E-state index contributed by atoms with van der Waals surface area (Å²) in [4.78, 5) is 4.52. The van der Waals surface area contributed by atoms with E-state index >= 15 is 0 Å². The number of benzene rings is 2. The molecule has 0 spiro atoms. The van der Waals surface area contributed by atoms with Gasteiger partial charge in [0.05, 0.1) is 10.2 Å². The molecule has 3 heteroatoms. The zero-order chi connectivity index (χ0) is 11.8. The SMILES string of the molecule is Cc1ccc2nc(-c3cccc(F)c3)sc2c1. The smallest absolute Gasteiger partial charge is 0.124 e. The monoisotopic (exact) mass is 243 g/mol. The van der Waals surface area contributed by atoms with E-state index in [4.69, 9.17) is 0 Å². The van der Waals surface area contributed by atoms with Gasteiger partial charge in [-0.2, -0.15) is 0 Å². The third kappa shape index (κ3) is 1.94. The molecule has 0 atom stereocenters. The Morgan fingerprint density at radius 2 is 2.00 bits per heavy atom. The highest BCUT2D eigenvalue weighted by Crippen LogP contribution is 2.30. The number of halogens is 1. The first-order chi connectivity index (χ1) is 8.22. The number of nitrogens with zero attached hydrogens (tertiary/aromatic N) is 1. The maximum absolute atomic E-state index is 13.1. The fraction of sp³-hybridized carbons (Fsp3) is 0.0714. The number of aryl methyl sites for hydroxylation is 1. The van der Waals surface area contributed by atoms with Crippen LogP contribution < -0.4 is 0 Å². The number of thiazole rings is 1. The van der Waals surface area contributed by atoms with Crippen LogP contribution in [0.15, 0.2) is 42.5 Å². The first-order valence-electron chi connectivity index (χ1n) is 5.35. The summed E-state index contributed by atoms with van der Waals surface area (Å²) in [7, 11) is 0. The second kappa shape index (κ2) is 3.93. The molecule has 0 unspecified atom stereocenters. The standard InChI is InChI=1S/C14H10FNS/c1-9-5-6-12-13(7-9)17-14(16-12)10-3-2-4-11(15)8-10/h2-8H,1H3. The van der Waals surface area contributed by atoms with Crippen LogP contribution in [0, 0.1) is 12.7 Å². The van der Waals surface area contributed by atoms with Gasteiger partial charge in [0, 0.05) is 5.56 Å². The summed E-state index contributed by atoms with van der Waals surface area (Å²) in [5, 5.41) is 0.866. The van der Waals surface area contributed by atoms with E-state index in [0.29, 0.717) is 0 Å². The summed E-state index contributed by atoms with van der Waals surface area (Å²) in [5.74, 6) is -0.224. The fourth-order valence-electron chi connectivity index (χ4n) is 1.78. The van der Waals surface area contributed by atoms with E-state index in [1.165, 1.54) is 17.7 Å². The quantitative estimate of drug-likeness (QED) is 0.617. The Morgan fingerprint density at radius 1 is 1.12 bits per heavy atom. The Labute approximate surface area is 103 Å². The minimum atomic E-state index is -0.224. The molecule has 17 heavy (non-hydrogen) atoms. The van der Waals surface area contributed by atoms with Crippen LogP contribution in [0.1, 0.15) is 5.56 Å². The van der Waals surface area contributed by atoms with Crippen LogP contribution in [0.25, 0.3) is 20.8 Å². The lowest BCUT2D eigenvalue weighted by Gasteiger charge is -1.94. The van der Waals surface area contributed by atoms with Crippen molar-refractivity contribution in [2.24, 2.45) is 0 Å². The normalized spacial score (nSPS) is 10.9. The van der Waals surface area contributed by atoms with Crippen molar-refractivity contribution in [3.05, 3.63) is 53.8 Å². The highest BCUT2D eigenvalue weighted by molar-refractivity contribution is 7.21. The van der Waals surface area contributed by atoms with Crippen molar-refractivity contribution in [1.29, 1.82) is 0 Å². The summed E-state index contributed by atoms with van der Waals surface area (Å²) in [6.45, 7) is 2.06. The predicted molar refractivity (Wildman–Crippen MR) is 69.8 cm³/mol. The van der Waals surface area contributed by atoms with Gasteiger partial charge in [0.25, 0.3) is 0 Å². The molecule has 0 amide bonds. The van der Waals surface area contributed by atoms with Gasteiger partial charge < -0.3 is 0 Å². The van der Waals surface area contributed by atoms with Crippen molar-refractivity contribution in [3.8, 4) is 10.6 Å².